The number of hydrogen-bond acceptors (Lipinski definition) is 5. The number of amides is 1. The number of nitrogens with one attached hydrogen (secondary N) is 1. The summed E-state index contributed by atoms with van der Waals surface area (Å²) in [4.78, 5) is 23.1. The quantitative estimate of drug-likeness (QED) is 0.880. The standard InChI is InChI=1S/C19H21FN4OS/c20-13-3-1-2-12(8-13)18(25)23-7-6-16-17(11-23)26-19(22-16)24-14-4-5-15(24)10-21-9-14/h1-3,8,14-15,21H,4-7,9-11H2. The second-order valence-electron chi connectivity index (χ2n) is 7.30. The molecule has 2 atom stereocenters. The third kappa shape index (κ3) is 2.70. The van der Waals surface area contributed by atoms with Crippen LogP contribution in [-0.4, -0.2) is 47.5 Å². The Morgan fingerprint density at radius 2 is 2.08 bits per heavy atom. The van der Waals surface area contributed by atoms with Gasteiger partial charge in [0.2, 0.25) is 0 Å². The fourth-order valence-corrected chi connectivity index (χ4v) is 5.63. The Bertz CT molecular complexity index is 838. The molecule has 3 aliphatic rings. The van der Waals surface area contributed by atoms with Crippen LogP contribution in [0.15, 0.2) is 24.3 Å². The maximum Gasteiger partial charge on any atom is 0.254 e. The molecule has 2 aromatic rings. The number of nitrogens with zero attached hydrogens (tertiary/aromatic N) is 3. The molecule has 3 aliphatic heterocycles. The number of hydrogen-bond donors (Lipinski definition) is 1. The van der Waals surface area contributed by atoms with Crippen LogP contribution in [0.4, 0.5) is 9.52 Å². The molecular formula is C19H21FN4OS. The van der Waals surface area contributed by atoms with E-state index in [1.165, 1.54) is 29.9 Å². The number of carbonyl (C=O) groups is 1. The summed E-state index contributed by atoms with van der Waals surface area (Å²) in [5, 5.41) is 4.62. The summed E-state index contributed by atoms with van der Waals surface area (Å²) in [5.74, 6) is -0.477. The van der Waals surface area contributed by atoms with Gasteiger partial charge in [-0.2, -0.15) is 0 Å². The maximum atomic E-state index is 13.4. The number of carbonyl (C=O) groups excluding carboxylic acids is 1. The molecule has 0 radical (unpaired) electrons. The minimum atomic E-state index is -0.372. The molecule has 2 fully saturated rings. The van der Waals surface area contributed by atoms with Crippen molar-refractivity contribution in [2.24, 2.45) is 0 Å². The average molecular weight is 372 g/mol. The van der Waals surface area contributed by atoms with E-state index >= 15 is 0 Å². The lowest BCUT2D eigenvalue weighted by atomic mass is 10.1. The van der Waals surface area contributed by atoms with Crippen molar-refractivity contribution < 1.29 is 9.18 Å². The third-order valence-corrected chi connectivity index (χ3v) is 6.78. The second kappa shape index (κ2) is 6.32. The summed E-state index contributed by atoms with van der Waals surface area (Å²) < 4.78 is 13.4. The summed E-state index contributed by atoms with van der Waals surface area (Å²) in [6.07, 6.45) is 3.23. The van der Waals surface area contributed by atoms with Gasteiger partial charge in [-0.05, 0) is 31.0 Å². The minimum absolute atomic E-state index is 0.104. The predicted molar refractivity (Wildman–Crippen MR) is 99.1 cm³/mol. The van der Waals surface area contributed by atoms with E-state index in [0.717, 1.165) is 30.3 Å². The zero-order valence-corrected chi connectivity index (χ0v) is 15.3. The summed E-state index contributed by atoms with van der Waals surface area (Å²) in [5.41, 5.74) is 1.55. The van der Waals surface area contributed by atoms with Crippen molar-refractivity contribution >= 4 is 22.4 Å². The first kappa shape index (κ1) is 16.2. The van der Waals surface area contributed by atoms with Gasteiger partial charge in [0.05, 0.1) is 12.2 Å². The number of halogens is 1. The molecule has 26 heavy (non-hydrogen) atoms. The predicted octanol–water partition coefficient (Wildman–Crippen LogP) is 2.42. The number of rotatable bonds is 2. The second-order valence-corrected chi connectivity index (χ2v) is 8.37. The average Bonchev–Trinajstić information content (AvgIpc) is 3.17. The van der Waals surface area contributed by atoms with E-state index in [4.69, 9.17) is 4.98 Å². The van der Waals surface area contributed by atoms with Crippen LogP contribution in [-0.2, 0) is 13.0 Å². The number of benzene rings is 1. The Hall–Kier alpha value is -1.99. The molecule has 2 bridgehead atoms. The van der Waals surface area contributed by atoms with Crippen LogP contribution >= 0.6 is 11.3 Å². The number of anilines is 1. The fourth-order valence-electron chi connectivity index (χ4n) is 4.36. The van der Waals surface area contributed by atoms with Gasteiger partial charge in [-0.1, -0.05) is 17.4 Å². The van der Waals surface area contributed by atoms with Crippen LogP contribution in [0.5, 0.6) is 0 Å². The van der Waals surface area contributed by atoms with Crippen molar-refractivity contribution in [3.05, 3.63) is 46.2 Å². The van der Waals surface area contributed by atoms with E-state index in [1.54, 1.807) is 23.5 Å². The van der Waals surface area contributed by atoms with Crippen molar-refractivity contribution in [2.45, 2.75) is 37.9 Å². The summed E-state index contributed by atoms with van der Waals surface area (Å²) >= 11 is 1.73. The molecule has 0 aliphatic carbocycles. The summed E-state index contributed by atoms with van der Waals surface area (Å²) in [6, 6.07) is 7.04. The Balaban J connectivity index is 1.37. The molecule has 1 aromatic heterocycles. The zero-order chi connectivity index (χ0) is 17.7. The van der Waals surface area contributed by atoms with Gasteiger partial charge in [0.1, 0.15) is 5.82 Å². The van der Waals surface area contributed by atoms with Crippen LogP contribution in [0.25, 0.3) is 0 Å². The Labute approximate surface area is 155 Å². The first-order chi connectivity index (χ1) is 12.7. The number of thiazole rings is 1. The lowest BCUT2D eigenvalue weighted by Gasteiger charge is -2.35. The van der Waals surface area contributed by atoms with Gasteiger partial charge in [0, 0.05) is 48.6 Å². The van der Waals surface area contributed by atoms with E-state index in [1.807, 2.05) is 4.90 Å². The normalized spacial score (nSPS) is 24.7. The van der Waals surface area contributed by atoms with Crippen molar-refractivity contribution in [1.29, 1.82) is 0 Å². The third-order valence-electron chi connectivity index (χ3n) is 5.68. The van der Waals surface area contributed by atoms with Crippen LogP contribution in [0, 0.1) is 5.82 Å². The largest absolute Gasteiger partial charge is 0.340 e. The van der Waals surface area contributed by atoms with Gasteiger partial charge in [-0.15, -0.1) is 0 Å². The minimum Gasteiger partial charge on any atom is -0.340 e. The van der Waals surface area contributed by atoms with E-state index in [2.05, 4.69) is 10.2 Å². The van der Waals surface area contributed by atoms with Gasteiger partial charge in [0.25, 0.3) is 5.91 Å². The number of fused-ring (bicyclic) bond motifs is 3. The first-order valence-electron chi connectivity index (χ1n) is 9.21. The van der Waals surface area contributed by atoms with E-state index in [9.17, 15) is 9.18 Å². The molecule has 5 rings (SSSR count). The monoisotopic (exact) mass is 372 g/mol. The molecule has 136 valence electrons. The lowest BCUT2D eigenvalue weighted by Crippen LogP contribution is -2.51. The van der Waals surface area contributed by atoms with Crippen molar-refractivity contribution in [2.75, 3.05) is 24.5 Å². The molecule has 7 heteroatoms. The molecule has 5 nitrogen and oxygen atoms in total. The first-order valence-corrected chi connectivity index (χ1v) is 10.0. The highest BCUT2D eigenvalue weighted by Gasteiger charge is 2.39. The van der Waals surface area contributed by atoms with E-state index < -0.39 is 0 Å². The molecule has 1 amide bonds. The molecular weight excluding hydrogens is 351 g/mol. The highest BCUT2D eigenvalue weighted by Crippen LogP contribution is 2.38. The van der Waals surface area contributed by atoms with Gasteiger partial charge in [0.15, 0.2) is 5.13 Å². The summed E-state index contributed by atoms with van der Waals surface area (Å²) in [6.45, 7) is 3.28. The Morgan fingerprint density at radius 3 is 2.85 bits per heavy atom. The number of aromatic nitrogens is 1. The maximum absolute atomic E-state index is 13.4. The van der Waals surface area contributed by atoms with Gasteiger partial charge < -0.3 is 15.1 Å². The molecule has 1 aromatic carbocycles. The molecule has 0 spiro atoms. The number of piperazine rings is 1. The highest BCUT2D eigenvalue weighted by molar-refractivity contribution is 7.15. The molecule has 1 N–H and O–H groups in total. The molecule has 0 saturated carbocycles. The van der Waals surface area contributed by atoms with Crippen LogP contribution < -0.4 is 10.2 Å². The topological polar surface area (TPSA) is 48.5 Å². The van der Waals surface area contributed by atoms with Gasteiger partial charge >= 0.3 is 0 Å². The van der Waals surface area contributed by atoms with E-state index in [-0.39, 0.29) is 11.7 Å². The zero-order valence-electron chi connectivity index (χ0n) is 14.4. The fraction of sp³-hybridized carbons (Fsp3) is 0.474. The smallest absolute Gasteiger partial charge is 0.254 e. The highest BCUT2D eigenvalue weighted by atomic mass is 32.1. The van der Waals surface area contributed by atoms with Crippen LogP contribution in [0.1, 0.15) is 33.8 Å². The van der Waals surface area contributed by atoms with Gasteiger partial charge in [-0.25, -0.2) is 9.37 Å². The van der Waals surface area contributed by atoms with E-state index in [0.29, 0.717) is 30.7 Å². The van der Waals surface area contributed by atoms with Crippen LogP contribution in [0.3, 0.4) is 0 Å². The molecule has 2 unspecified atom stereocenters. The van der Waals surface area contributed by atoms with Gasteiger partial charge in [-0.3, -0.25) is 4.79 Å². The van der Waals surface area contributed by atoms with Crippen molar-refractivity contribution in [1.82, 2.24) is 15.2 Å². The van der Waals surface area contributed by atoms with Crippen molar-refractivity contribution in [3.8, 4) is 0 Å². The van der Waals surface area contributed by atoms with Crippen LogP contribution in [0.2, 0.25) is 0 Å². The molecule has 2 saturated heterocycles. The summed E-state index contributed by atoms with van der Waals surface area (Å²) in [7, 11) is 0. The Morgan fingerprint density at radius 1 is 1.27 bits per heavy atom. The molecule has 4 heterocycles. The van der Waals surface area contributed by atoms with Crippen molar-refractivity contribution in [3.63, 3.8) is 0 Å². The lowest BCUT2D eigenvalue weighted by molar-refractivity contribution is 0.0735. The Kier molecular flexibility index (Phi) is 3.94. The SMILES string of the molecule is O=C(c1cccc(F)c1)N1CCc2nc(N3C4CCC3CNC4)sc2C1.